The predicted molar refractivity (Wildman–Crippen MR) is 138 cm³/mol. The van der Waals surface area contributed by atoms with Crippen LogP contribution in [0, 0.1) is 5.92 Å². The normalized spacial score (nSPS) is 16.6. The average molecular weight is 477 g/mol. The zero-order valence-corrected chi connectivity index (χ0v) is 20.8. The van der Waals surface area contributed by atoms with E-state index in [-0.39, 0.29) is 17.7 Å². The number of carbonyl (C=O) groups is 3. The molecule has 0 unspecified atom stereocenters. The summed E-state index contributed by atoms with van der Waals surface area (Å²) < 4.78 is 0. The fourth-order valence-corrected chi connectivity index (χ4v) is 5.21. The maximum atomic E-state index is 13.6. The minimum absolute atomic E-state index is 0.0980. The van der Waals surface area contributed by atoms with Gasteiger partial charge in [0.25, 0.3) is 5.91 Å². The third kappa shape index (κ3) is 6.21. The summed E-state index contributed by atoms with van der Waals surface area (Å²) in [6.07, 6.45) is 5.18. The van der Waals surface area contributed by atoms with E-state index < -0.39 is 0 Å². The summed E-state index contributed by atoms with van der Waals surface area (Å²) in [5.74, 6) is 0.204. The van der Waals surface area contributed by atoms with Gasteiger partial charge in [0.15, 0.2) is 0 Å². The molecule has 1 saturated heterocycles. The van der Waals surface area contributed by atoms with Crippen LogP contribution in [0.5, 0.6) is 0 Å². The second-order valence-corrected chi connectivity index (χ2v) is 9.71. The van der Waals surface area contributed by atoms with Crippen molar-refractivity contribution in [1.29, 1.82) is 0 Å². The van der Waals surface area contributed by atoms with Crippen LogP contribution in [-0.4, -0.2) is 60.7 Å². The molecular weight excluding hydrogens is 440 g/mol. The van der Waals surface area contributed by atoms with Crippen LogP contribution in [0.2, 0.25) is 0 Å². The first kappa shape index (κ1) is 24.8. The SMILES string of the molecule is CC(=O)Nc1ccc(N2CCCN(C(=O)C3CCCC3)CC2)c(C(=O)N(C)Cc2ccccc2)c1. The first-order chi connectivity index (χ1) is 16.9. The highest BCUT2D eigenvalue weighted by atomic mass is 16.2. The van der Waals surface area contributed by atoms with Crippen LogP contribution in [-0.2, 0) is 16.1 Å². The van der Waals surface area contributed by atoms with Crippen LogP contribution in [0.15, 0.2) is 48.5 Å². The molecule has 2 fully saturated rings. The monoisotopic (exact) mass is 476 g/mol. The van der Waals surface area contributed by atoms with Crippen molar-refractivity contribution in [3.8, 4) is 0 Å². The van der Waals surface area contributed by atoms with Crippen molar-refractivity contribution in [2.45, 2.75) is 45.6 Å². The summed E-state index contributed by atoms with van der Waals surface area (Å²) in [4.78, 5) is 44.2. The minimum Gasteiger partial charge on any atom is -0.369 e. The maximum absolute atomic E-state index is 13.6. The van der Waals surface area contributed by atoms with E-state index in [2.05, 4.69) is 10.2 Å². The highest BCUT2D eigenvalue weighted by Gasteiger charge is 2.29. The van der Waals surface area contributed by atoms with Crippen LogP contribution in [0.1, 0.15) is 54.9 Å². The Morgan fingerprint density at radius 2 is 1.69 bits per heavy atom. The summed E-state index contributed by atoms with van der Waals surface area (Å²) in [5, 5.41) is 2.80. The number of nitrogens with one attached hydrogen (secondary N) is 1. The molecule has 1 aliphatic carbocycles. The number of rotatable bonds is 6. The first-order valence-electron chi connectivity index (χ1n) is 12.7. The van der Waals surface area contributed by atoms with Gasteiger partial charge >= 0.3 is 0 Å². The van der Waals surface area contributed by atoms with Gasteiger partial charge in [-0.05, 0) is 43.0 Å². The molecule has 0 bridgehead atoms. The number of hydrogen-bond donors (Lipinski definition) is 1. The van der Waals surface area contributed by atoms with Crippen molar-refractivity contribution < 1.29 is 14.4 Å². The minimum atomic E-state index is -0.176. The van der Waals surface area contributed by atoms with Gasteiger partial charge in [0.1, 0.15) is 0 Å². The maximum Gasteiger partial charge on any atom is 0.256 e. The molecule has 3 amide bonds. The van der Waals surface area contributed by atoms with E-state index >= 15 is 0 Å². The quantitative estimate of drug-likeness (QED) is 0.680. The number of carbonyl (C=O) groups excluding carboxylic acids is 3. The van der Waals surface area contributed by atoms with Crippen molar-refractivity contribution in [2.75, 3.05) is 43.4 Å². The van der Waals surface area contributed by atoms with Gasteiger partial charge in [-0.3, -0.25) is 14.4 Å². The molecule has 35 heavy (non-hydrogen) atoms. The highest BCUT2D eigenvalue weighted by molar-refractivity contribution is 6.02. The van der Waals surface area contributed by atoms with Gasteiger partial charge < -0.3 is 20.0 Å². The Morgan fingerprint density at radius 1 is 0.943 bits per heavy atom. The van der Waals surface area contributed by atoms with Crippen molar-refractivity contribution in [2.24, 2.45) is 5.92 Å². The van der Waals surface area contributed by atoms with Crippen LogP contribution in [0.4, 0.5) is 11.4 Å². The lowest BCUT2D eigenvalue weighted by Crippen LogP contribution is -2.38. The van der Waals surface area contributed by atoms with Gasteiger partial charge in [-0.15, -0.1) is 0 Å². The second-order valence-electron chi connectivity index (χ2n) is 9.71. The molecule has 1 aliphatic heterocycles. The van der Waals surface area contributed by atoms with Crippen LogP contribution < -0.4 is 10.2 Å². The summed E-state index contributed by atoms with van der Waals surface area (Å²) in [6, 6.07) is 15.4. The topological polar surface area (TPSA) is 73.0 Å². The molecule has 0 radical (unpaired) electrons. The summed E-state index contributed by atoms with van der Waals surface area (Å²) in [6.45, 7) is 4.83. The molecule has 2 aromatic rings. The smallest absolute Gasteiger partial charge is 0.256 e. The fraction of sp³-hybridized carbons (Fsp3) is 0.464. The van der Waals surface area contributed by atoms with Crippen LogP contribution in [0.25, 0.3) is 0 Å². The van der Waals surface area contributed by atoms with E-state index in [1.54, 1.807) is 18.0 Å². The third-order valence-electron chi connectivity index (χ3n) is 7.01. The Kier molecular flexibility index (Phi) is 8.06. The van der Waals surface area contributed by atoms with Gasteiger partial charge in [-0.2, -0.15) is 0 Å². The molecule has 0 atom stereocenters. The lowest BCUT2D eigenvalue weighted by molar-refractivity contribution is -0.135. The van der Waals surface area contributed by atoms with E-state index in [0.29, 0.717) is 36.8 Å². The molecule has 1 saturated carbocycles. The van der Waals surface area contributed by atoms with Gasteiger partial charge in [0.05, 0.1) is 5.56 Å². The Morgan fingerprint density at radius 3 is 2.40 bits per heavy atom. The van der Waals surface area contributed by atoms with Gasteiger partial charge in [0.2, 0.25) is 11.8 Å². The van der Waals surface area contributed by atoms with E-state index in [1.807, 2.05) is 47.4 Å². The van der Waals surface area contributed by atoms with Crippen molar-refractivity contribution >= 4 is 29.1 Å². The summed E-state index contributed by atoms with van der Waals surface area (Å²) in [7, 11) is 1.80. The average Bonchev–Trinajstić information content (AvgIpc) is 3.28. The molecule has 4 rings (SSSR count). The molecule has 1 N–H and O–H groups in total. The zero-order valence-electron chi connectivity index (χ0n) is 20.8. The van der Waals surface area contributed by atoms with Gasteiger partial charge in [-0.1, -0.05) is 43.2 Å². The molecule has 2 aliphatic rings. The van der Waals surface area contributed by atoms with Crippen molar-refractivity contribution in [3.05, 3.63) is 59.7 Å². The molecular formula is C28H36N4O3. The fourth-order valence-electron chi connectivity index (χ4n) is 5.21. The summed E-state index contributed by atoms with van der Waals surface area (Å²) >= 11 is 0. The molecule has 186 valence electrons. The van der Waals surface area contributed by atoms with Crippen molar-refractivity contribution in [1.82, 2.24) is 9.80 Å². The molecule has 7 heteroatoms. The Bertz CT molecular complexity index is 1050. The second kappa shape index (κ2) is 11.4. The number of benzene rings is 2. The molecule has 1 heterocycles. The predicted octanol–water partition coefficient (Wildman–Crippen LogP) is 4.15. The van der Waals surface area contributed by atoms with E-state index in [0.717, 1.165) is 56.4 Å². The van der Waals surface area contributed by atoms with E-state index in [9.17, 15) is 14.4 Å². The van der Waals surface area contributed by atoms with Crippen LogP contribution >= 0.6 is 0 Å². The lowest BCUT2D eigenvalue weighted by atomic mass is 10.1. The van der Waals surface area contributed by atoms with Gasteiger partial charge in [0, 0.05) is 64.0 Å². The number of anilines is 2. The van der Waals surface area contributed by atoms with E-state index in [4.69, 9.17) is 0 Å². The molecule has 0 spiro atoms. The highest BCUT2D eigenvalue weighted by Crippen LogP contribution is 2.29. The number of nitrogens with zero attached hydrogens (tertiary/aromatic N) is 3. The molecule has 0 aromatic heterocycles. The Labute approximate surface area is 208 Å². The lowest BCUT2D eigenvalue weighted by Gasteiger charge is -2.28. The van der Waals surface area contributed by atoms with Gasteiger partial charge in [-0.25, -0.2) is 0 Å². The van der Waals surface area contributed by atoms with Crippen LogP contribution in [0.3, 0.4) is 0 Å². The number of amides is 3. The third-order valence-corrected chi connectivity index (χ3v) is 7.01. The molecule has 2 aromatic carbocycles. The van der Waals surface area contributed by atoms with E-state index in [1.165, 1.54) is 6.92 Å². The number of hydrogen-bond acceptors (Lipinski definition) is 4. The van der Waals surface area contributed by atoms with Crippen molar-refractivity contribution in [3.63, 3.8) is 0 Å². The standard InChI is InChI=1S/C28H36N4O3/c1-21(33)29-24-13-14-26(25(19-24)28(35)30(2)20-22-9-4-3-5-10-22)31-15-8-16-32(18-17-31)27(34)23-11-6-7-12-23/h3-5,9-10,13-14,19,23H,6-8,11-12,15-18,20H2,1-2H3,(H,29,33). The Balaban J connectivity index is 1.54. The summed E-state index contributed by atoms with van der Waals surface area (Å²) in [5.41, 5.74) is 3.06. The zero-order chi connectivity index (χ0) is 24.8. The largest absolute Gasteiger partial charge is 0.369 e. The molecule has 7 nitrogen and oxygen atoms in total. The Hall–Kier alpha value is -3.35. The first-order valence-corrected chi connectivity index (χ1v) is 12.7.